The van der Waals surface area contributed by atoms with E-state index in [-0.39, 0.29) is 30.4 Å². The Balaban J connectivity index is 1.74. The maximum atomic E-state index is 12.5. The number of nitrogens with one attached hydrogen (secondary N) is 1. The Hall–Kier alpha value is -2.56. The van der Waals surface area contributed by atoms with Gasteiger partial charge in [-0.15, -0.1) is 11.3 Å². The highest BCUT2D eigenvalue weighted by molar-refractivity contribution is 7.99. The summed E-state index contributed by atoms with van der Waals surface area (Å²) in [5.74, 6) is 0.875. The Morgan fingerprint density at radius 2 is 2.07 bits per heavy atom. The fourth-order valence-electron chi connectivity index (χ4n) is 2.57. The van der Waals surface area contributed by atoms with Gasteiger partial charge >= 0.3 is 0 Å². The minimum atomic E-state index is -0.257. The van der Waals surface area contributed by atoms with Crippen LogP contribution in [0.3, 0.4) is 0 Å². The number of rotatable bonds is 8. The molecule has 0 atom stereocenters. The number of carbonyl (C=O) groups is 1. The molecule has 0 aliphatic carbocycles. The molecule has 0 saturated heterocycles. The normalized spacial score (nSPS) is 10.8. The Morgan fingerprint density at radius 1 is 1.29 bits per heavy atom. The number of amides is 1. The molecule has 28 heavy (non-hydrogen) atoms. The highest BCUT2D eigenvalue weighted by Crippen LogP contribution is 2.30. The van der Waals surface area contributed by atoms with E-state index in [0.717, 1.165) is 11.8 Å². The van der Waals surface area contributed by atoms with Crippen LogP contribution in [-0.2, 0) is 11.3 Å². The summed E-state index contributed by atoms with van der Waals surface area (Å²) in [7, 11) is 3.06. The van der Waals surface area contributed by atoms with Gasteiger partial charge in [-0.3, -0.25) is 14.2 Å². The number of fused-ring (bicyclic) bond motifs is 1. The van der Waals surface area contributed by atoms with Crippen LogP contribution < -0.4 is 20.3 Å². The third-order valence-electron chi connectivity index (χ3n) is 3.85. The van der Waals surface area contributed by atoms with E-state index in [0.29, 0.717) is 32.6 Å². The number of nitrogens with zero attached hydrogens (tertiary/aromatic N) is 2. The van der Waals surface area contributed by atoms with E-state index in [1.165, 1.54) is 30.1 Å². The first-order chi connectivity index (χ1) is 13.6. The lowest BCUT2D eigenvalue weighted by Gasteiger charge is -2.12. The van der Waals surface area contributed by atoms with Gasteiger partial charge in [-0.1, -0.05) is 11.8 Å². The zero-order chi connectivity index (χ0) is 20.1. The molecule has 0 aliphatic rings. The van der Waals surface area contributed by atoms with Gasteiger partial charge in [0, 0.05) is 11.8 Å². The van der Waals surface area contributed by atoms with Crippen molar-refractivity contribution in [1.29, 1.82) is 0 Å². The Kier molecular flexibility index (Phi) is 6.55. The van der Waals surface area contributed by atoms with Crippen LogP contribution in [0.15, 0.2) is 39.6 Å². The van der Waals surface area contributed by atoms with Gasteiger partial charge in [0.2, 0.25) is 5.91 Å². The molecule has 10 heteroatoms. The number of carbonyl (C=O) groups excluding carboxylic acids is 1. The lowest BCUT2D eigenvalue weighted by Crippen LogP contribution is -2.25. The number of hydrogen-bond acceptors (Lipinski definition) is 8. The summed E-state index contributed by atoms with van der Waals surface area (Å²) >= 11 is 2.45. The molecule has 3 rings (SSSR count). The minimum Gasteiger partial charge on any atom is -0.493 e. The lowest BCUT2D eigenvalue weighted by molar-refractivity contribution is -0.113. The number of anilines is 1. The SMILES string of the molecule is COc1ccc(NC(=O)CSc2nc3ccsc3c(=O)n2CCO)cc1OC. The number of benzene rings is 1. The molecule has 2 N–H and O–H groups in total. The molecular formula is C18H19N3O5S2. The third-order valence-corrected chi connectivity index (χ3v) is 5.72. The highest BCUT2D eigenvalue weighted by Gasteiger charge is 2.14. The molecule has 148 valence electrons. The monoisotopic (exact) mass is 421 g/mol. The quantitative estimate of drug-likeness (QED) is 0.425. The van der Waals surface area contributed by atoms with Gasteiger partial charge in [-0.2, -0.15) is 0 Å². The molecule has 1 aromatic carbocycles. The van der Waals surface area contributed by atoms with Gasteiger partial charge in [0.1, 0.15) is 4.70 Å². The van der Waals surface area contributed by atoms with E-state index < -0.39 is 0 Å². The number of aromatic nitrogens is 2. The molecule has 8 nitrogen and oxygen atoms in total. The standard InChI is InChI=1S/C18H19N3O5S2/c1-25-13-4-3-11(9-14(13)26-2)19-15(23)10-28-18-20-12-5-8-27-16(12)17(24)21(18)6-7-22/h3-5,8-9,22H,6-7,10H2,1-2H3,(H,19,23). The fourth-order valence-corrected chi connectivity index (χ4v) is 4.18. The zero-order valence-corrected chi connectivity index (χ0v) is 16.9. The number of ether oxygens (including phenoxy) is 2. The second-order valence-corrected chi connectivity index (χ2v) is 7.47. The van der Waals surface area contributed by atoms with Gasteiger partial charge in [0.05, 0.1) is 38.6 Å². The summed E-state index contributed by atoms with van der Waals surface area (Å²) in [5, 5.41) is 14.2. The van der Waals surface area contributed by atoms with Crippen molar-refractivity contribution in [2.45, 2.75) is 11.7 Å². The second kappa shape index (κ2) is 9.09. The number of thiophene rings is 1. The lowest BCUT2D eigenvalue weighted by atomic mass is 10.2. The van der Waals surface area contributed by atoms with Crippen LogP contribution in [0.5, 0.6) is 11.5 Å². The van der Waals surface area contributed by atoms with Crippen LogP contribution in [-0.4, -0.2) is 47.1 Å². The number of methoxy groups -OCH3 is 2. The molecule has 1 amide bonds. The molecule has 0 radical (unpaired) electrons. The van der Waals surface area contributed by atoms with Gasteiger partial charge in [0.25, 0.3) is 5.56 Å². The Labute approximate surface area is 169 Å². The first-order valence-corrected chi connectivity index (χ1v) is 10.2. The van der Waals surface area contributed by atoms with Crippen LogP contribution in [0.25, 0.3) is 10.2 Å². The van der Waals surface area contributed by atoms with E-state index in [4.69, 9.17) is 9.47 Å². The minimum absolute atomic E-state index is 0.0574. The average molecular weight is 422 g/mol. The molecule has 2 heterocycles. The zero-order valence-electron chi connectivity index (χ0n) is 15.3. The smallest absolute Gasteiger partial charge is 0.272 e. The van der Waals surface area contributed by atoms with Crippen LogP contribution >= 0.6 is 23.1 Å². The molecule has 2 aromatic heterocycles. The molecule has 0 spiro atoms. The number of aliphatic hydroxyl groups is 1. The maximum Gasteiger partial charge on any atom is 0.272 e. The van der Waals surface area contributed by atoms with Gasteiger partial charge in [-0.05, 0) is 23.6 Å². The summed E-state index contributed by atoms with van der Waals surface area (Å²) in [6, 6.07) is 6.84. The van der Waals surface area contributed by atoms with Crippen LogP contribution in [0.1, 0.15) is 0 Å². The van der Waals surface area contributed by atoms with Crippen LogP contribution in [0.2, 0.25) is 0 Å². The topological polar surface area (TPSA) is 103 Å². The first-order valence-electron chi connectivity index (χ1n) is 8.31. The molecule has 0 unspecified atom stereocenters. The Bertz CT molecular complexity index is 1050. The molecule has 0 saturated carbocycles. The van der Waals surface area contributed by atoms with Crippen molar-refractivity contribution in [2.75, 3.05) is 31.9 Å². The summed E-state index contributed by atoms with van der Waals surface area (Å²) in [6.07, 6.45) is 0. The highest BCUT2D eigenvalue weighted by atomic mass is 32.2. The third kappa shape index (κ3) is 4.29. The average Bonchev–Trinajstić information content (AvgIpc) is 3.17. The van der Waals surface area contributed by atoms with Gasteiger partial charge in [-0.25, -0.2) is 4.98 Å². The largest absolute Gasteiger partial charge is 0.493 e. The molecular weight excluding hydrogens is 402 g/mol. The van der Waals surface area contributed by atoms with Crippen molar-refractivity contribution in [1.82, 2.24) is 9.55 Å². The number of aliphatic hydroxyl groups excluding tert-OH is 1. The van der Waals surface area contributed by atoms with Crippen molar-refractivity contribution in [3.8, 4) is 11.5 Å². The van der Waals surface area contributed by atoms with Gasteiger partial charge in [0.15, 0.2) is 16.7 Å². The van der Waals surface area contributed by atoms with E-state index >= 15 is 0 Å². The predicted octanol–water partition coefficient (Wildman–Crippen LogP) is 2.20. The summed E-state index contributed by atoms with van der Waals surface area (Å²) in [5.41, 5.74) is 0.945. The van der Waals surface area contributed by atoms with Gasteiger partial charge < -0.3 is 19.9 Å². The van der Waals surface area contributed by atoms with Crippen molar-refractivity contribution in [3.63, 3.8) is 0 Å². The molecule has 3 aromatic rings. The number of hydrogen-bond donors (Lipinski definition) is 2. The molecule has 0 bridgehead atoms. The van der Waals surface area contributed by atoms with Crippen LogP contribution in [0.4, 0.5) is 5.69 Å². The van der Waals surface area contributed by atoms with Crippen molar-refractivity contribution >= 4 is 44.9 Å². The van der Waals surface area contributed by atoms with Crippen molar-refractivity contribution in [3.05, 3.63) is 40.0 Å². The van der Waals surface area contributed by atoms with E-state index in [1.807, 2.05) is 0 Å². The van der Waals surface area contributed by atoms with Crippen molar-refractivity contribution < 1.29 is 19.4 Å². The summed E-state index contributed by atoms with van der Waals surface area (Å²) < 4.78 is 12.3. The van der Waals surface area contributed by atoms with Crippen LogP contribution in [0, 0.1) is 0 Å². The first kappa shape index (κ1) is 20.2. The van der Waals surface area contributed by atoms with E-state index in [9.17, 15) is 14.7 Å². The van der Waals surface area contributed by atoms with E-state index in [2.05, 4.69) is 10.3 Å². The Morgan fingerprint density at radius 3 is 2.79 bits per heavy atom. The number of thioether (sulfide) groups is 1. The summed E-state index contributed by atoms with van der Waals surface area (Å²) in [6.45, 7) is -0.0663. The molecule has 0 aliphatic heterocycles. The fraction of sp³-hybridized carbons (Fsp3) is 0.278. The van der Waals surface area contributed by atoms with E-state index in [1.54, 1.807) is 29.6 Å². The molecule has 0 fully saturated rings. The second-order valence-electron chi connectivity index (χ2n) is 5.62. The predicted molar refractivity (Wildman–Crippen MR) is 110 cm³/mol. The maximum absolute atomic E-state index is 12.5. The van der Waals surface area contributed by atoms with Crippen molar-refractivity contribution in [2.24, 2.45) is 0 Å². The summed E-state index contributed by atoms with van der Waals surface area (Å²) in [4.78, 5) is 29.3.